The van der Waals surface area contributed by atoms with E-state index in [4.69, 9.17) is 9.47 Å². The molecular formula is C19H19N3O3. The minimum atomic E-state index is -0.148. The van der Waals surface area contributed by atoms with Gasteiger partial charge < -0.3 is 19.4 Å². The van der Waals surface area contributed by atoms with Crippen molar-refractivity contribution >= 4 is 5.91 Å². The van der Waals surface area contributed by atoms with Crippen LogP contribution in [0.15, 0.2) is 67.3 Å². The molecule has 0 fully saturated rings. The standard InChI is InChI=1S/C19H19N3O3/c1-24-17-7-2-3-8-18(17)25-12-10-21-19(23)15-5-4-6-16(13-15)22-11-9-20-14-22/h2-9,11,13-14H,10,12H2,1H3,(H,21,23). The molecule has 0 radical (unpaired) electrons. The monoisotopic (exact) mass is 337 g/mol. The van der Waals surface area contributed by atoms with Crippen LogP contribution in [-0.4, -0.2) is 35.7 Å². The second-order valence-electron chi connectivity index (χ2n) is 5.28. The van der Waals surface area contributed by atoms with E-state index in [2.05, 4.69) is 10.3 Å². The van der Waals surface area contributed by atoms with Crippen molar-refractivity contribution in [3.05, 3.63) is 72.8 Å². The Bertz CT molecular complexity index is 831. The van der Waals surface area contributed by atoms with E-state index in [9.17, 15) is 4.79 Å². The molecule has 0 spiro atoms. The molecule has 0 saturated carbocycles. The lowest BCUT2D eigenvalue weighted by Crippen LogP contribution is -2.28. The molecule has 6 nitrogen and oxygen atoms in total. The largest absolute Gasteiger partial charge is 0.493 e. The molecule has 2 aromatic carbocycles. The summed E-state index contributed by atoms with van der Waals surface area (Å²) in [6.45, 7) is 0.750. The van der Waals surface area contributed by atoms with Crippen molar-refractivity contribution in [2.45, 2.75) is 0 Å². The van der Waals surface area contributed by atoms with Gasteiger partial charge in [0.25, 0.3) is 5.91 Å². The number of rotatable bonds is 7. The average molecular weight is 337 g/mol. The van der Waals surface area contributed by atoms with Gasteiger partial charge in [-0.3, -0.25) is 4.79 Å². The number of hydrogen-bond acceptors (Lipinski definition) is 4. The van der Waals surface area contributed by atoms with Crippen LogP contribution in [0.2, 0.25) is 0 Å². The summed E-state index contributed by atoms with van der Waals surface area (Å²) in [5, 5.41) is 2.85. The zero-order valence-electron chi connectivity index (χ0n) is 13.9. The molecule has 3 rings (SSSR count). The Morgan fingerprint density at radius 1 is 1.16 bits per heavy atom. The summed E-state index contributed by atoms with van der Waals surface area (Å²) in [6.07, 6.45) is 5.22. The van der Waals surface area contributed by atoms with E-state index >= 15 is 0 Å². The van der Waals surface area contributed by atoms with Gasteiger partial charge in [-0.1, -0.05) is 18.2 Å². The first kappa shape index (κ1) is 16.6. The number of nitrogens with zero attached hydrogens (tertiary/aromatic N) is 2. The molecule has 0 aliphatic carbocycles. The summed E-state index contributed by atoms with van der Waals surface area (Å²) in [7, 11) is 1.59. The number of amides is 1. The topological polar surface area (TPSA) is 65.4 Å². The fourth-order valence-electron chi connectivity index (χ4n) is 2.39. The van der Waals surface area contributed by atoms with E-state index < -0.39 is 0 Å². The van der Waals surface area contributed by atoms with Gasteiger partial charge in [-0.05, 0) is 30.3 Å². The Morgan fingerprint density at radius 2 is 2.00 bits per heavy atom. The molecule has 6 heteroatoms. The number of imidazole rings is 1. The fourth-order valence-corrected chi connectivity index (χ4v) is 2.39. The number of hydrogen-bond donors (Lipinski definition) is 1. The number of aromatic nitrogens is 2. The molecule has 0 unspecified atom stereocenters. The average Bonchev–Trinajstić information content (AvgIpc) is 3.20. The molecule has 128 valence electrons. The number of methoxy groups -OCH3 is 1. The van der Waals surface area contributed by atoms with Crippen molar-refractivity contribution in [2.75, 3.05) is 20.3 Å². The fraction of sp³-hybridized carbons (Fsp3) is 0.158. The van der Waals surface area contributed by atoms with Crippen molar-refractivity contribution in [2.24, 2.45) is 0 Å². The third kappa shape index (κ3) is 4.17. The quantitative estimate of drug-likeness (QED) is 0.673. The molecular weight excluding hydrogens is 318 g/mol. The van der Waals surface area contributed by atoms with E-state index in [0.29, 0.717) is 30.2 Å². The lowest BCUT2D eigenvalue weighted by atomic mass is 10.2. The van der Waals surface area contributed by atoms with E-state index in [-0.39, 0.29) is 5.91 Å². The molecule has 1 heterocycles. The Morgan fingerprint density at radius 3 is 2.76 bits per heavy atom. The van der Waals surface area contributed by atoms with Gasteiger partial charge >= 0.3 is 0 Å². The highest BCUT2D eigenvalue weighted by Gasteiger charge is 2.07. The maximum atomic E-state index is 12.3. The molecule has 25 heavy (non-hydrogen) atoms. The number of nitrogens with one attached hydrogen (secondary N) is 1. The maximum Gasteiger partial charge on any atom is 0.251 e. The lowest BCUT2D eigenvalue weighted by Gasteiger charge is -2.11. The van der Waals surface area contributed by atoms with Gasteiger partial charge in [0.1, 0.15) is 6.61 Å². The lowest BCUT2D eigenvalue weighted by molar-refractivity contribution is 0.0947. The Kier molecular flexibility index (Phi) is 5.31. The van der Waals surface area contributed by atoms with Gasteiger partial charge in [-0.15, -0.1) is 0 Å². The van der Waals surface area contributed by atoms with Gasteiger partial charge in [0.15, 0.2) is 11.5 Å². The van der Waals surface area contributed by atoms with Gasteiger partial charge in [0, 0.05) is 23.6 Å². The van der Waals surface area contributed by atoms with Gasteiger partial charge in [0.2, 0.25) is 0 Å². The highest BCUT2D eigenvalue weighted by molar-refractivity contribution is 5.94. The highest BCUT2D eigenvalue weighted by atomic mass is 16.5. The third-order valence-corrected chi connectivity index (χ3v) is 3.63. The van der Waals surface area contributed by atoms with E-state index in [1.807, 2.05) is 53.2 Å². The highest BCUT2D eigenvalue weighted by Crippen LogP contribution is 2.25. The SMILES string of the molecule is COc1ccccc1OCCNC(=O)c1cccc(-n2ccnc2)c1. The molecule has 1 N–H and O–H groups in total. The van der Waals surface area contributed by atoms with Gasteiger partial charge in [-0.2, -0.15) is 0 Å². The van der Waals surface area contributed by atoms with Crippen LogP contribution in [0.4, 0.5) is 0 Å². The summed E-state index contributed by atoms with van der Waals surface area (Å²) in [4.78, 5) is 16.3. The Labute approximate surface area is 146 Å². The van der Waals surface area contributed by atoms with Crippen LogP contribution >= 0.6 is 0 Å². The predicted octanol–water partition coefficient (Wildman–Crippen LogP) is 2.69. The molecule has 0 aliphatic rings. The van der Waals surface area contributed by atoms with Crippen LogP contribution in [0.5, 0.6) is 11.5 Å². The first-order valence-corrected chi connectivity index (χ1v) is 7.90. The number of benzene rings is 2. The van der Waals surface area contributed by atoms with Crippen molar-refractivity contribution in [3.8, 4) is 17.2 Å². The normalized spacial score (nSPS) is 10.3. The van der Waals surface area contributed by atoms with Crippen molar-refractivity contribution in [1.29, 1.82) is 0 Å². The summed E-state index contributed by atoms with van der Waals surface area (Å²) in [5.74, 6) is 1.17. The van der Waals surface area contributed by atoms with E-state index in [0.717, 1.165) is 5.69 Å². The first-order chi connectivity index (χ1) is 12.3. The summed E-state index contributed by atoms with van der Waals surface area (Å²) >= 11 is 0. The number of carbonyl (C=O) groups is 1. The molecule has 1 aromatic heterocycles. The van der Waals surface area contributed by atoms with Crippen LogP contribution in [0, 0.1) is 0 Å². The zero-order valence-corrected chi connectivity index (χ0v) is 13.9. The number of para-hydroxylation sites is 2. The summed E-state index contributed by atoms with van der Waals surface area (Å²) in [6, 6.07) is 14.8. The number of ether oxygens (including phenoxy) is 2. The smallest absolute Gasteiger partial charge is 0.251 e. The van der Waals surface area contributed by atoms with Crippen molar-refractivity contribution < 1.29 is 14.3 Å². The molecule has 3 aromatic rings. The first-order valence-electron chi connectivity index (χ1n) is 7.90. The molecule has 0 atom stereocenters. The predicted molar refractivity (Wildman–Crippen MR) is 94.4 cm³/mol. The molecule has 0 aliphatic heterocycles. The van der Waals surface area contributed by atoms with Gasteiger partial charge in [0.05, 0.1) is 20.0 Å². The van der Waals surface area contributed by atoms with Crippen LogP contribution in [0.25, 0.3) is 5.69 Å². The Hall–Kier alpha value is -3.28. The van der Waals surface area contributed by atoms with E-state index in [1.54, 1.807) is 25.7 Å². The van der Waals surface area contributed by atoms with Gasteiger partial charge in [-0.25, -0.2) is 4.98 Å². The molecule has 1 amide bonds. The second kappa shape index (κ2) is 8.01. The molecule has 0 bridgehead atoms. The van der Waals surface area contributed by atoms with Crippen LogP contribution in [0.3, 0.4) is 0 Å². The van der Waals surface area contributed by atoms with Crippen LogP contribution < -0.4 is 14.8 Å². The summed E-state index contributed by atoms with van der Waals surface area (Å²) in [5.41, 5.74) is 1.47. The maximum absolute atomic E-state index is 12.3. The van der Waals surface area contributed by atoms with E-state index in [1.165, 1.54) is 0 Å². The third-order valence-electron chi connectivity index (χ3n) is 3.63. The van der Waals surface area contributed by atoms with Crippen molar-refractivity contribution in [1.82, 2.24) is 14.9 Å². The zero-order chi connectivity index (χ0) is 17.5. The van der Waals surface area contributed by atoms with Crippen LogP contribution in [-0.2, 0) is 0 Å². The molecule has 0 saturated heterocycles. The Balaban J connectivity index is 1.54. The number of carbonyl (C=O) groups excluding carboxylic acids is 1. The van der Waals surface area contributed by atoms with Crippen molar-refractivity contribution in [3.63, 3.8) is 0 Å². The second-order valence-corrected chi connectivity index (χ2v) is 5.28. The minimum absolute atomic E-state index is 0.148. The van der Waals surface area contributed by atoms with Crippen LogP contribution in [0.1, 0.15) is 10.4 Å². The minimum Gasteiger partial charge on any atom is -0.493 e. The summed E-state index contributed by atoms with van der Waals surface area (Å²) < 4.78 is 12.7.